The zero-order valence-corrected chi connectivity index (χ0v) is 14.5. The molecule has 3 rings (SSSR count). The average Bonchev–Trinajstić information content (AvgIpc) is 2.75. The Kier molecular flexibility index (Phi) is 4.14. The zero-order chi connectivity index (χ0) is 17.4. The zero-order valence-electron chi connectivity index (χ0n) is 14.5. The highest BCUT2D eigenvalue weighted by molar-refractivity contribution is 6.06. The Hall–Kier alpha value is -2.62. The molecule has 0 saturated heterocycles. The van der Waals surface area contributed by atoms with Crippen LogP contribution in [0.5, 0.6) is 0 Å². The first-order valence-corrected chi connectivity index (χ1v) is 8.12. The summed E-state index contributed by atoms with van der Waals surface area (Å²) < 4.78 is 0. The lowest BCUT2D eigenvalue weighted by Gasteiger charge is -2.20. The number of carbonyl (C=O) groups excluding carboxylic acids is 2. The molecule has 4 heteroatoms. The lowest BCUT2D eigenvalue weighted by molar-refractivity contribution is -0.126. The molecule has 0 radical (unpaired) electrons. The van der Waals surface area contributed by atoms with Gasteiger partial charge in [0, 0.05) is 12.5 Å². The average molecular weight is 322 g/mol. The smallest absolute Gasteiger partial charge is 0.254 e. The minimum absolute atomic E-state index is 0.0746. The van der Waals surface area contributed by atoms with E-state index in [0.717, 1.165) is 27.9 Å². The van der Waals surface area contributed by atoms with Crippen LogP contribution in [0.15, 0.2) is 36.4 Å². The maximum atomic E-state index is 12.9. The molecular weight excluding hydrogens is 300 g/mol. The van der Waals surface area contributed by atoms with Crippen LogP contribution in [0.25, 0.3) is 0 Å². The molecule has 0 aromatic heterocycles. The highest BCUT2D eigenvalue weighted by atomic mass is 16.2. The van der Waals surface area contributed by atoms with Gasteiger partial charge in [0.1, 0.15) is 6.04 Å². The summed E-state index contributed by atoms with van der Waals surface area (Å²) in [5.74, 6) is -0.273. The molecule has 0 aliphatic carbocycles. The molecule has 4 nitrogen and oxygen atoms in total. The lowest BCUT2D eigenvalue weighted by atomic mass is 10.0. The van der Waals surface area contributed by atoms with Gasteiger partial charge in [0.05, 0.1) is 12.2 Å². The molecule has 124 valence electrons. The SMILES string of the molecule is CC(=O)NC1C(=O)N(Cc2ccc(C)cc2)c2c(C)cc(C)cc21. The summed E-state index contributed by atoms with van der Waals surface area (Å²) in [5.41, 5.74) is 6.22. The van der Waals surface area contributed by atoms with Crippen molar-refractivity contribution in [2.45, 2.75) is 40.3 Å². The van der Waals surface area contributed by atoms with E-state index in [1.54, 1.807) is 4.90 Å². The number of fused-ring (bicyclic) bond motifs is 1. The first-order valence-electron chi connectivity index (χ1n) is 8.12. The number of anilines is 1. The van der Waals surface area contributed by atoms with Crippen molar-refractivity contribution in [1.29, 1.82) is 0 Å². The highest BCUT2D eigenvalue weighted by Crippen LogP contribution is 2.40. The Morgan fingerprint density at radius 1 is 1.08 bits per heavy atom. The number of rotatable bonds is 3. The third-order valence-corrected chi connectivity index (χ3v) is 4.38. The molecule has 2 aromatic carbocycles. The van der Waals surface area contributed by atoms with Gasteiger partial charge in [-0.15, -0.1) is 0 Å². The minimum atomic E-state index is -0.596. The first kappa shape index (κ1) is 16.2. The van der Waals surface area contributed by atoms with Crippen LogP contribution in [0.2, 0.25) is 0 Å². The second-order valence-corrected chi connectivity index (χ2v) is 6.56. The fourth-order valence-corrected chi connectivity index (χ4v) is 3.36. The molecule has 0 fully saturated rings. The van der Waals surface area contributed by atoms with Crippen molar-refractivity contribution in [3.05, 3.63) is 64.2 Å². The molecule has 1 N–H and O–H groups in total. The molecule has 0 spiro atoms. The Morgan fingerprint density at radius 2 is 1.75 bits per heavy atom. The van der Waals surface area contributed by atoms with E-state index in [0.29, 0.717) is 6.54 Å². The predicted octanol–water partition coefficient (Wildman–Crippen LogP) is 3.34. The van der Waals surface area contributed by atoms with Gasteiger partial charge < -0.3 is 10.2 Å². The van der Waals surface area contributed by atoms with Gasteiger partial charge in [0.2, 0.25) is 5.91 Å². The summed E-state index contributed by atoms with van der Waals surface area (Å²) in [6, 6.07) is 11.6. The van der Waals surface area contributed by atoms with Crippen LogP contribution in [0, 0.1) is 20.8 Å². The van der Waals surface area contributed by atoms with Crippen LogP contribution in [0.1, 0.15) is 40.8 Å². The number of nitrogens with one attached hydrogen (secondary N) is 1. The molecule has 2 amide bonds. The van der Waals surface area contributed by atoms with Gasteiger partial charge in [-0.2, -0.15) is 0 Å². The quantitative estimate of drug-likeness (QED) is 0.942. The Balaban J connectivity index is 2.03. The number of benzene rings is 2. The second kappa shape index (κ2) is 6.11. The fourth-order valence-electron chi connectivity index (χ4n) is 3.36. The number of aryl methyl sites for hydroxylation is 3. The Labute approximate surface area is 142 Å². The third-order valence-electron chi connectivity index (χ3n) is 4.38. The molecular formula is C20H22N2O2. The van der Waals surface area contributed by atoms with E-state index in [-0.39, 0.29) is 11.8 Å². The normalized spacial score (nSPS) is 16.2. The van der Waals surface area contributed by atoms with Gasteiger partial charge in [0.25, 0.3) is 5.91 Å². The topological polar surface area (TPSA) is 49.4 Å². The van der Waals surface area contributed by atoms with Crippen molar-refractivity contribution in [1.82, 2.24) is 5.32 Å². The van der Waals surface area contributed by atoms with E-state index in [1.165, 1.54) is 12.5 Å². The molecule has 0 bridgehead atoms. The number of hydrogen-bond donors (Lipinski definition) is 1. The van der Waals surface area contributed by atoms with Gasteiger partial charge in [-0.3, -0.25) is 9.59 Å². The van der Waals surface area contributed by atoms with Crippen molar-refractivity contribution in [2.24, 2.45) is 0 Å². The molecule has 0 saturated carbocycles. The van der Waals surface area contributed by atoms with Crippen molar-refractivity contribution in [2.75, 3.05) is 4.90 Å². The summed E-state index contributed by atoms with van der Waals surface area (Å²) in [6.07, 6.45) is 0. The van der Waals surface area contributed by atoms with Gasteiger partial charge in [-0.05, 0) is 31.9 Å². The summed E-state index contributed by atoms with van der Waals surface area (Å²) in [6.45, 7) is 8.01. The van der Waals surface area contributed by atoms with Crippen LogP contribution >= 0.6 is 0 Å². The van der Waals surface area contributed by atoms with Gasteiger partial charge in [-0.1, -0.05) is 47.5 Å². The van der Waals surface area contributed by atoms with Crippen molar-refractivity contribution >= 4 is 17.5 Å². The number of carbonyl (C=O) groups is 2. The highest BCUT2D eigenvalue weighted by Gasteiger charge is 2.38. The van der Waals surface area contributed by atoms with E-state index in [2.05, 4.69) is 11.4 Å². The van der Waals surface area contributed by atoms with Crippen molar-refractivity contribution < 1.29 is 9.59 Å². The Morgan fingerprint density at radius 3 is 2.38 bits per heavy atom. The second-order valence-electron chi connectivity index (χ2n) is 6.56. The maximum absolute atomic E-state index is 12.9. The molecule has 1 aliphatic rings. The van der Waals surface area contributed by atoms with E-state index >= 15 is 0 Å². The Bertz CT molecular complexity index is 809. The molecule has 1 atom stereocenters. The van der Waals surface area contributed by atoms with Gasteiger partial charge in [-0.25, -0.2) is 0 Å². The largest absolute Gasteiger partial charge is 0.341 e. The number of hydrogen-bond acceptors (Lipinski definition) is 2. The minimum Gasteiger partial charge on any atom is -0.341 e. The monoisotopic (exact) mass is 322 g/mol. The molecule has 1 aliphatic heterocycles. The van der Waals surface area contributed by atoms with Crippen LogP contribution in [0.3, 0.4) is 0 Å². The number of amides is 2. The van der Waals surface area contributed by atoms with Crippen LogP contribution in [-0.4, -0.2) is 11.8 Å². The van der Waals surface area contributed by atoms with E-state index < -0.39 is 6.04 Å². The number of nitrogens with zero attached hydrogens (tertiary/aromatic N) is 1. The summed E-state index contributed by atoms with van der Waals surface area (Å²) in [7, 11) is 0. The van der Waals surface area contributed by atoms with Crippen LogP contribution < -0.4 is 10.2 Å². The first-order chi connectivity index (χ1) is 11.4. The van der Waals surface area contributed by atoms with Crippen molar-refractivity contribution in [3.63, 3.8) is 0 Å². The standard InChI is InChI=1S/C20H22N2O2/c1-12-5-7-16(8-6-12)11-22-19-14(3)9-13(2)10-17(19)18(20(22)24)21-15(4)23/h5-10,18H,11H2,1-4H3,(H,21,23). The van der Waals surface area contributed by atoms with Gasteiger partial charge in [0.15, 0.2) is 0 Å². The van der Waals surface area contributed by atoms with Crippen molar-refractivity contribution in [3.8, 4) is 0 Å². The van der Waals surface area contributed by atoms with E-state index in [9.17, 15) is 9.59 Å². The summed E-state index contributed by atoms with van der Waals surface area (Å²) >= 11 is 0. The molecule has 2 aromatic rings. The lowest BCUT2D eigenvalue weighted by Crippen LogP contribution is -2.36. The predicted molar refractivity (Wildman–Crippen MR) is 94.8 cm³/mol. The summed E-state index contributed by atoms with van der Waals surface area (Å²) in [5, 5.41) is 2.80. The summed E-state index contributed by atoms with van der Waals surface area (Å²) in [4.78, 5) is 26.3. The molecule has 1 unspecified atom stereocenters. The van der Waals surface area contributed by atoms with E-state index in [4.69, 9.17) is 0 Å². The molecule has 1 heterocycles. The molecule has 24 heavy (non-hydrogen) atoms. The van der Waals surface area contributed by atoms with Gasteiger partial charge >= 0.3 is 0 Å². The maximum Gasteiger partial charge on any atom is 0.254 e. The van der Waals surface area contributed by atoms with E-state index in [1.807, 2.05) is 51.1 Å². The van der Waals surface area contributed by atoms with Crippen LogP contribution in [0.4, 0.5) is 5.69 Å². The third kappa shape index (κ3) is 2.92. The van der Waals surface area contributed by atoms with Crippen LogP contribution in [-0.2, 0) is 16.1 Å². The fraction of sp³-hybridized carbons (Fsp3) is 0.300.